The van der Waals surface area contributed by atoms with Gasteiger partial charge in [-0.25, -0.2) is 0 Å². The molecule has 1 fully saturated rings. The minimum atomic E-state index is 0. The van der Waals surface area contributed by atoms with Crippen LogP contribution >= 0.6 is 12.4 Å². The van der Waals surface area contributed by atoms with Gasteiger partial charge in [0.05, 0.1) is 0 Å². The second-order valence-corrected chi connectivity index (χ2v) is 6.35. The first kappa shape index (κ1) is 15.4. The van der Waals surface area contributed by atoms with Gasteiger partial charge in [-0.05, 0) is 54.0 Å². The SMILES string of the molecule is C=CCN1CC[C@]2(C)c3cc(O)ccc3CC1[C@@H]2C.Cl. The summed E-state index contributed by atoms with van der Waals surface area (Å²) in [6.07, 6.45) is 4.27. The number of piperidine rings is 1. The fourth-order valence-electron chi connectivity index (χ4n) is 4.09. The van der Waals surface area contributed by atoms with Crippen molar-refractivity contribution < 1.29 is 5.11 Å². The van der Waals surface area contributed by atoms with E-state index in [-0.39, 0.29) is 17.8 Å². The van der Waals surface area contributed by atoms with E-state index in [0.717, 1.165) is 25.9 Å². The van der Waals surface area contributed by atoms with Crippen molar-refractivity contribution in [3.8, 4) is 5.75 Å². The molecule has 110 valence electrons. The zero-order valence-electron chi connectivity index (χ0n) is 12.3. The van der Waals surface area contributed by atoms with Gasteiger partial charge in [-0.15, -0.1) is 19.0 Å². The molecule has 1 aliphatic heterocycles. The number of benzene rings is 1. The first-order chi connectivity index (χ1) is 9.06. The van der Waals surface area contributed by atoms with Crippen LogP contribution in [0.2, 0.25) is 0 Å². The van der Waals surface area contributed by atoms with E-state index < -0.39 is 0 Å². The minimum Gasteiger partial charge on any atom is -0.508 e. The monoisotopic (exact) mass is 293 g/mol. The molecule has 0 aromatic heterocycles. The van der Waals surface area contributed by atoms with Crippen LogP contribution in [0.4, 0.5) is 0 Å². The van der Waals surface area contributed by atoms with Gasteiger partial charge >= 0.3 is 0 Å². The molecule has 2 aliphatic rings. The van der Waals surface area contributed by atoms with Crippen molar-refractivity contribution in [1.82, 2.24) is 4.90 Å². The van der Waals surface area contributed by atoms with Gasteiger partial charge in [0.25, 0.3) is 0 Å². The maximum Gasteiger partial charge on any atom is 0.115 e. The van der Waals surface area contributed by atoms with Gasteiger partial charge in [-0.1, -0.05) is 26.0 Å². The molecule has 0 radical (unpaired) electrons. The molecule has 1 heterocycles. The Balaban J connectivity index is 0.00000147. The molecule has 0 saturated carbocycles. The van der Waals surface area contributed by atoms with Crippen molar-refractivity contribution >= 4 is 12.4 Å². The van der Waals surface area contributed by atoms with E-state index in [2.05, 4.69) is 31.4 Å². The molecule has 3 rings (SSSR count). The first-order valence-corrected chi connectivity index (χ1v) is 7.23. The number of rotatable bonds is 2. The summed E-state index contributed by atoms with van der Waals surface area (Å²) >= 11 is 0. The van der Waals surface area contributed by atoms with Crippen LogP contribution in [0.15, 0.2) is 30.9 Å². The molecule has 1 aromatic rings. The highest BCUT2D eigenvalue weighted by Crippen LogP contribution is 2.49. The predicted molar refractivity (Wildman–Crippen MR) is 85.7 cm³/mol. The third-order valence-corrected chi connectivity index (χ3v) is 5.47. The highest BCUT2D eigenvalue weighted by Gasteiger charge is 2.48. The Kier molecular flexibility index (Phi) is 4.17. The van der Waals surface area contributed by atoms with Gasteiger partial charge in [-0.3, -0.25) is 4.90 Å². The summed E-state index contributed by atoms with van der Waals surface area (Å²) in [5.74, 6) is 1.02. The van der Waals surface area contributed by atoms with E-state index in [4.69, 9.17) is 0 Å². The zero-order chi connectivity index (χ0) is 13.6. The van der Waals surface area contributed by atoms with Crippen molar-refractivity contribution in [2.24, 2.45) is 5.92 Å². The van der Waals surface area contributed by atoms with E-state index in [1.165, 1.54) is 11.1 Å². The number of likely N-dealkylation sites (tertiary alicyclic amines) is 1. The predicted octanol–water partition coefficient (Wildman–Crippen LogP) is 3.52. The summed E-state index contributed by atoms with van der Waals surface area (Å²) in [5, 5.41) is 9.80. The normalized spacial score (nSPS) is 32.1. The number of hydrogen-bond acceptors (Lipinski definition) is 2. The van der Waals surface area contributed by atoms with Crippen LogP contribution in [0.25, 0.3) is 0 Å². The second kappa shape index (κ2) is 5.42. The number of phenolic OH excluding ortho intramolecular Hbond substituents is 1. The lowest BCUT2D eigenvalue weighted by Crippen LogP contribution is -2.57. The number of phenols is 1. The third-order valence-electron chi connectivity index (χ3n) is 5.47. The van der Waals surface area contributed by atoms with Gasteiger partial charge in [0.15, 0.2) is 0 Å². The van der Waals surface area contributed by atoms with Crippen molar-refractivity contribution in [3.63, 3.8) is 0 Å². The number of fused-ring (bicyclic) bond motifs is 4. The summed E-state index contributed by atoms with van der Waals surface area (Å²) in [7, 11) is 0. The maximum absolute atomic E-state index is 9.80. The van der Waals surface area contributed by atoms with Crippen LogP contribution in [0.1, 0.15) is 31.4 Å². The lowest BCUT2D eigenvalue weighted by Gasteiger charge is -2.54. The molecule has 20 heavy (non-hydrogen) atoms. The lowest BCUT2D eigenvalue weighted by atomic mass is 9.59. The lowest BCUT2D eigenvalue weighted by molar-refractivity contribution is 0.0398. The van der Waals surface area contributed by atoms with Crippen molar-refractivity contribution in [2.75, 3.05) is 13.1 Å². The fraction of sp³-hybridized carbons (Fsp3) is 0.529. The Labute approximate surface area is 127 Å². The second-order valence-electron chi connectivity index (χ2n) is 6.35. The number of aromatic hydroxyl groups is 1. The molecular formula is C17H24ClNO. The molecule has 0 amide bonds. The summed E-state index contributed by atoms with van der Waals surface area (Å²) in [6.45, 7) is 10.7. The van der Waals surface area contributed by atoms with E-state index in [9.17, 15) is 5.11 Å². The third kappa shape index (κ3) is 2.15. The largest absolute Gasteiger partial charge is 0.508 e. The Morgan fingerprint density at radius 2 is 2.25 bits per heavy atom. The van der Waals surface area contributed by atoms with Crippen molar-refractivity contribution in [1.29, 1.82) is 0 Å². The molecular weight excluding hydrogens is 270 g/mol. The topological polar surface area (TPSA) is 23.5 Å². The molecule has 1 aromatic carbocycles. The molecule has 3 atom stereocenters. The molecule has 1 unspecified atom stereocenters. The zero-order valence-corrected chi connectivity index (χ0v) is 13.1. The van der Waals surface area contributed by atoms with E-state index in [1.54, 1.807) is 0 Å². The summed E-state index contributed by atoms with van der Waals surface area (Å²) in [6, 6.07) is 6.53. The average Bonchev–Trinajstić information content (AvgIpc) is 2.38. The first-order valence-electron chi connectivity index (χ1n) is 7.23. The van der Waals surface area contributed by atoms with E-state index >= 15 is 0 Å². The van der Waals surface area contributed by atoms with E-state index in [0.29, 0.717) is 17.7 Å². The molecule has 1 aliphatic carbocycles. The van der Waals surface area contributed by atoms with Crippen LogP contribution in [-0.4, -0.2) is 29.1 Å². The molecule has 1 N–H and O–H groups in total. The van der Waals surface area contributed by atoms with Crippen LogP contribution in [0.5, 0.6) is 5.75 Å². The quantitative estimate of drug-likeness (QED) is 0.843. The molecule has 1 saturated heterocycles. The van der Waals surface area contributed by atoms with Gasteiger partial charge in [0.1, 0.15) is 5.75 Å². The van der Waals surface area contributed by atoms with Gasteiger partial charge < -0.3 is 5.11 Å². The summed E-state index contributed by atoms with van der Waals surface area (Å²) in [5.41, 5.74) is 2.99. The highest BCUT2D eigenvalue weighted by atomic mass is 35.5. The molecule has 2 bridgehead atoms. The van der Waals surface area contributed by atoms with Gasteiger partial charge in [0.2, 0.25) is 0 Å². The summed E-state index contributed by atoms with van der Waals surface area (Å²) in [4.78, 5) is 2.56. The Morgan fingerprint density at radius 1 is 1.50 bits per heavy atom. The van der Waals surface area contributed by atoms with E-state index in [1.807, 2.05) is 18.2 Å². The Morgan fingerprint density at radius 3 is 2.95 bits per heavy atom. The van der Waals surface area contributed by atoms with Gasteiger partial charge in [0, 0.05) is 12.6 Å². The van der Waals surface area contributed by atoms with Crippen molar-refractivity contribution in [3.05, 3.63) is 42.0 Å². The van der Waals surface area contributed by atoms with Crippen LogP contribution in [-0.2, 0) is 11.8 Å². The number of nitrogens with zero attached hydrogens (tertiary/aromatic N) is 1. The number of halogens is 1. The van der Waals surface area contributed by atoms with Crippen molar-refractivity contribution in [2.45, 2.75) is 38.1 Å². The van der Waals surface area contributed by atoms with Crippen LogP contribution in [0, 0.1) is 5.92 Å². The standard InChI is InChI=1S/C17H23NO.ClH/c1-4-8-18-9-7-17(3)12(2)16(18)10-13-5-6-14(19)11-15(13)17;/h4-6,11-12,16,19H,1,7-10H2,2-3H3;1H/t12-,16?,17-;/m0./s1. The Bertz CT molecular complexity index is 516. The molecule has 3 heteroatoms. The smallest absolute Gasteiger partial charge is 0.115 e. The Hall–Kier alpha value is -0.990. The minimum absolute atomic E-state index is 0. The molecule has 0 spiro atoms. The summed E-state index contributed by atoms with van der Waals surface area (Å²) < 4.78 is 0. The molecule has 2 nitrogen and oxygen atoms in total. The van der Waals surface area contributed by atoms with Crippen LogP contribution < -0.4 is 0 Å². The average molecular weight is 294 g/mol. The van der Waals surface area contributed by atoms with Gasteiger partial charge in [-0.2, -0.15) is 0 Å². The number of hydrogen-bond donors (Lipinski definition) is 1. The highest BCUT2D eigenvalue weighted by molar-refractivity contribution is 5.85. The van der Waals surface area contributed by atoms with Crippen LogP contribution in [0.3, 0.4) is 0 Å². The fourth-order valence-corrected chi connectivity index (χ4v) is 4.09. The maximum atomic E-state index is 9.80.